The average Bonchev–Trinajstić information content (AvgIpc) is 3.11. The average molecular weight is 378 g/mol. The van der Waals surface area contributed by atoms with Crippen molar-refractivity contribution in [2.75, 3.05) is 57.4 Å². The number of rotatable bonds is 2. The van der Waals surface area contributed by atoms with Crippen molar-refractivity contribution < 1.29 is 14.3 Å². The minimum Gasteiger partial charge on any atom is -0.378 e. The predicted octanol–water partition coefficient (Wildman–Crippen LogP) is 0.775. The lowest BCUT2D eigenvalue weighted by molar-refractivity contribution is -0.140. The second kappa shape index (κ2) is 7.52. The van der Waals surface area contributed by atoms with Crippen molar-refractivity contribution in [2.24, 2.45) is 5.92 Å². The number of ether oxygens (including phenoxy) is 1. The van der Waals surface area contributed by atoms with E-state index in [0.717, 1.165) is 63.7 Å². The molecule has 0 N–H and O–H groups in total. The SMILES string of the molecule is CC(=O)N1CCN(c2nc3c(s2)CC(C(=O)N2CCOCC2)CC3)CC1. The topological polar surface area (TPSA) is 66.0 Å². The van der Waals surface area contributed by atoms with E-state index in [0.29, 0.717) is 13.2 Å². The van der Waals surface area contributed by atoms with Crippen LogP contribution in [0.25, 0.3) is 0 Å². The Morgan fingerprint density at radius 3 is 2.50 bits per heavy atom. The zero-order valence-corrected chi connectivity index (χ0v) is 16.1. The lowest BCUT2D eigenvalue weighted by Gasteiger charge is -2.33. The third-order valence-electron chi connectivity index (χ3n) is 5.60. The largest absolute Gasteiger partial charge is 0.378 e. The van der Waals surface area contributed by atoms with Crippen molar-refractivity contribution in [3.63, 3.8) is 0 Å². The molecule has 1 atom stereocenters. The molecule has 7 nitrogen and oxygen atoms in total. The molecule has 2 saturated heterocycles. The van der Waals surface area contributed by atoms with Crippen LogP contribution in [-0.4, -0.2) is 79.1 Å². The maximum absolute atomic E-state index is 12.8. The molecule has 1 unspecified atom stereocenters. The Morgan fingerprint density at radius 1 is 1.08 bits per heavy atom. The zero-order chi connectivity index (χ0) is 18.1. The number of thiazole rings is 1. The quantitative estimate of drug-likeness (QED) is 0.761. The monoisotopic (exact) mass is 378 g/mol. The third kappa shape index (κ3) is 3.57. The van der Waals surface area contributed by atoms with E-state index < -0.39 is 0 Å². The van der Waals surface area contributed by atoms with Crippen LogP contribution >= 0.6 is 11.3 Å². The summed E-state index contributed by atoms with van der Waals surface area (Å²) in [4.78, 5) is 36.5. The minimum atomic E-state index is 0.0865. The summed E-state index contributed by atoms with van der Waals surface area (Å²) in [6.07, 6.45) is 2.60. The van der Waals surface area contributed by atoms with Crippen molar-refractivity contribution in [1.29, 1.82) is 0 Å². The van der Waals surface area contributed by atoms with Crippen LogP contribution in [-0.2, 0) is 27.2 Å². The highest BCUT2D eigenvalue weighted by Gasteiger charge is 2.32. The summed E-state index contributed by atoms with van der Waals surface area (Å²) in [5.74, 6) is 0.514. The van der Waals surface area contributed by atoms with Gasteiger partial charge in [0.1, 0.15) is 0 Å². The van der Waals surface area contributed by atoms with E-state index in [1.54, 1.807) is 18.3 Å². The van der Waals surface area contributed by atoms with Crippen LogP contribution < -0.4 is 4.90 Å². The van der Waals surface area contributed by atoms with Crippen LogP contribution in [0.15, 0.2) is 0 Å². The van der Waals surface area contributed by atoms with E-state index in [1.807, 2.05) is 9.80 Å². The fraction of sp³-hybridized carbons (Fsp3) is 0.722. The summed E-state index contributed by atoms with van der Waals surface area (Å²) in [7, 11) is 0. The highest BCUT2D eigenvalue weighted by Crippen LogP contribution is 2.35. The molecular formula is C18H26N4O3S. The van der Waals surface area contributed by atoms with Gasteiger partial charge < -0.3 is 19.4 Å². The Kier molecular flexibility index (Phi) is 5.13. The highest BCUT2D eigenvalue weighted by atomic mass is 32.1. The number of carbonyl (C=O) groups is 2. The van der Waals surface area contributed by atoms with Crippen LogP contribution in [0.4, 0.5) is 5.13 Å². The molecule has 0 bridgehead atoms. The molecular weight excluding hydrogens is 352 g/mol. The summed E-state index contributed by atoms with van der Waals surface area (Å²) in [6.45, 7) is 7.57. The van der Waals surface area contributed by atoms with Crippen LogP contribution in [0, 0.1) is 5.92 Å². The van der Waals surface area contributed by atoms with Crippen LogP contribution in [0.3, 0.4) is 0 Å². The lowest BCUT2D eigenvalue weighted by Crippen LogP contribution is -2.48. The molecule has 0 spiro atoms. The highest BCUT2D eigenvalue weighted by molar-refractivity contribution is 7.15. The summed E-state index contributed by atoms with van der Waals surface area (Å²) in [5.41, 5.74) is 1.17. The number of amides is 2. The van der Waals surface area contributed by atoms with Crippen molar-refractivity contribution >= 4 is 28.3 Å². The van der Waals surface area contributed by atoms with Gasteiger partial charge in [0.25, 0.3) is 0 Å². The van der Waals surface area contributed by atoms with Gasteiger partial charge in [0.15, 0.2) is 5.13 Å². The Balaban J connectivity index is 1.39. The zero-order valence-electron chi connectivity index (χ0n) is 15.3. The molecule has 3 aliphatic rings. The first-order valence-electron chi connectivity index (χ1n) is 9.47. The standard InChI is InChI=1S/C18H26N4O3S/c1-13(23)20-4-6-22(7-5-20)18-19-15-3-2-14(12-16(15)26-18)17(24)21-8-10-25-11-9-21/h14H,2-12H2,1H3. The number of nitrogens with zero attached hydrogens (tertiary/aromatic N) is 4. The molecule has 0 saturated carbocycles. The molecule has 0 radical (unpaired) electrons. The summed E-state index contributed by atoms with van der Waals surface area (Å²) in [6, 6.07) is 0. The maximum atomic E-state index is 12.8. The molecule has 1 aromatic rings. The first-order valence-corrected chi connectivity index (χ1v) is 10.3. The summed E-state index contributed by atoms with van der Waals surface area (Å²) < 4.78 is 5.35. The Bertz CT molecular complexity index is 678. The molecule has 4 rings (SSSR count). The van der Waals surface area contributed by atoms with Gasteiger partial charge in [0.05, 0.1) is 18.9 Å². The molecule has 1 aromatic heterocycles. The number of piperazine rings is 1. The lowest BCUT2D eigenvalue weighted by atomic mass is 9.90. The molecule has 0 aromatic carbocycles. The van der Waals surface area contributed by atoms with E-state index in [4.69, 9.17) is 9.72 Å². The fourth-order valence-corrected chi connectivity index (χ4v) is 5.20. The van der Waals surface area contributed by atoms with Crippen molar-refractivity contribution in [3.8, 4) is 0 Å². The predicted molar refractivity (Wildman–Crippen MR) is 99.5 cm³/mol. The van der Waals surface area contributed by atoms with Gasteiger partial charge in [0.2, 0.25) is 11.8 Å². The van der Waals surface area contributed by atoms with Gasteiger partial charge >= 0.3 is 0 Å². The number of carbonyl (C=O) groups excluding carboxylic acids is 2. The summed E-state index contributed by atoms with van der Waals surface area (Å²) >= 11 is 1.74. The smallest absolute Gasteiger partial charge is 0.226 e. The van der Waals surface area contributed by atoms with Gasteiger partial charge in [-0.25, -0.2) is 4.98 Å². The van der Waals surface area contributed by atoms with Crippen molar-refractivity contribution in [1.82, 2.24) is 14.8 Å². The molecule has 2 fully saturated rings. The summed E-state index contributed by atoms with van der Waals surface area (Å²) in [5, 5.41) is 1.05. The fourth-order valence-electron chi connectivity index (χ4n) is 3.96. The van der Waals surface area contributed by atoms with Gasteiger partial charge in [-0.05, 0) is 19.3 Å². The molecule has 1 aliphatic carbocycles. The first kappa shape index (κ1) is 17.7. The van der Waals surface area contributed by atoms with Gasteiger partial charge in [-0.2, -0.15) is 0 Å². The Morgan fingerprint density at radius 2 is 1.81 bits per heavy atom. The van der Waals surface area contributed by atoms with Crippen molar-refractivity contribution in [2.45, 2.75) is 26.2 Å². The second-order valence-corrected chi connectivity index (χ2v) is 8.30. The second-order valence-electron chi connectivity index (χ2n) is 7.24. The number of morpholine rings is 1. The third-order valence-corrected chi connectivity index (χ3v) is 6.78. The Hall–Kier alpha value is -1.67. The molecule has 2 aliphatic heterocycles. The van der Waals surface area contributed by atoms with Crippen molar-refractivity contribution in [3.05, 3.63) is 10.6 Å². The molecule has 2 amide bonds. The number of aryl methyl sites for hydroxylation is 1. The molecule has 142 valence electrons. The maximum Gasteiger partial charge on any atom is 0.226 e. The number of fused-ring (bicyclic) bond motifs is 1. The Labute approximate surface area is 157 Å². The van der Waals surface area contributed by atoms with E-state index in [9.17, 15) is 9.59 Å². The van der Waals surface area contributed by atoms with Gasteiger partial charge in [0, 0.05) is 57.0 Å². The molecule has 26 heavy (non-hydrogen) atoms. The number of aromatic nitrogens is 1. The number of hydrogen-bond acceptors (Lipinski definition) is 6. The van der Waals surface area contributed by atoms with Gasteiger partial charge in [-0.3, -0.25) is 9.59 Å². The van der Waals surface area contributed by atoms with Gasteiger partial charge in [-0.15, -0.1) is 11.3 Å². The van der Waals surface area contributed by atoms with Crippen LogP contribution in [0.2, 0.25) is 0 Å². The van der Waals surface area contributed by atoms with E-state index in [2.05, 4.69) is 4.90 Å². The number of anilines is 1. The number of hydrogen-bond donors (Lipinski definition) is 0. The molecule has 8 heteroatoms. The van der Waals surface area contributed by atoms with Crippen LogP contribution in [0.1, 0.15) is 23.9 Å². The normalized spacial score (nSPS) is 23.7. The molecule has 3 heterocycles. The van der Waals surface area contributed by atoms with E-state index in [-0.39, 0.29) is 17.7 Å². The first-order chi connectivity index (χ1) is 12.6. The van der Waals surface area contributed by atoms with E-state index in [1.165, 1.54) is 10.6 Å². The van der Waals surface area contributed by atoms with Crippen LogP contribution in [0.5, 0.6) is 0 Å². The van der Waals surface area contributed by atoms with E-state index >= 15 is 0 Å². The minimum absolute atomic E-state index is 0.0865. The van der Waals surface area contributed by atoms with Gasteiger partial charge in [-0.1, -0.05) is 0 Å².